The van der Waals surface area contributed by atoms with Crippen molar-refractivity contribution in [2.75, 3.05) is 0 Å². The molecule has 0 saturated heterocycles. The van der Waals surface area contributed by atoms with Gasteiger partial charge in [-0.3, -0.25) is 9.59 Å². The molecule has 0 radical (unpaired) electrons. The zero-order valence-electron chi connectivity index (χ0n) is 17.2. The van der Waals surface area contributed by atoms with Crippen molar-refractivity contribution in [1.82, 2.24) is 0 Å². The van der Waals surface area contributed by atoms with Gasteiger partial charge in [-0.05, 0) is 30.5 Å². The number of phenols is 1. The van der Waals surface area contributed by atoms with E-state index in [4.69, 9.17) is 0 Å². The molecule has 2 rings (SSSR count). The highest BCUT2D eigenvalue weighted by atomic mass is 16.3. The van der Waals surface area contributed by atoms with E-state index in [1.54, 1.807) is 12.1 Å². The molecule has 0 unspecified atom stereocenters. The fraction of sp³-hybridized carbons (Fsp3) is 0.500. The summed E-state index contributed by atoms with van der Waals surface area (Å²) in [4.78, 5) is 25.0. The molecule has 0 aliphatic heterocycles. The van der Waals surface area contributed by atoms with E-state index in [0.29, 0.717) is 18.4 Å². The lowest BCUT2D eigenvalue weighted by molar-refractivity contribution is -0.120. The van der Waals surface area contributed by atoms with Crippen LogP contribution in [0.2, 0.25) is 0 Å². The van der Waals surface area contributed by atoms with Gasteiger partial charge in [-0.15, -0.1) is 0 Å². The Morgan fingerprint density at radius 1 is 0.655 bits per heavy atom. The van der Waals surface area contributed by atoms with Crippen molar-refractivity contribution in [1.29, 1.82) is 0 Å². The molecule has 0 saturated carbocycles. The van der Waals surface area contributed by atoms with Crippen LogP contribution in [-0.2, 0) is 16.0 Å². The van der Waals surface area contributed by atoms with Crippen LogP contribution in [0.5, 0.6) is 5.75 Å². The lowest BCUT2D eigenvalue weighted by Crippen LogP contribution is -2.25. The second-order valence-corrected chi connectivity index (χ2v) is 7.73. The van der Waals surface area contributed by atoms with Crippen molar-refractivity contribution < 1.29 is 24.9 Å². The lowest BCUT2D eigenvalue weighted by atomic mass is 9.87. The molecule has 158 valence electrons. The van der Waals surface area contributed by atoms with Gasteiger partial charge in [0.05, 0.1) is 5.57 Å². The number of hydrogen-bond acceptors (Lipinski definition) is 5. The molecule has 0 bridgehead atoms. The molecule has 0 spiro atoms. The predicted molar refractivity (Wildman–Crippen MR) is 113 cm³/mol. The lowest BCUT2D eigenvalue weighted by Gasteiger charge is -2.18. The van der Waals surface area contributed by atoms with Crippen LogP contribution in [0.1, 0.15) is 76.7 Å². The molecule has 5 nitrogen and oxygen atoms in total. The Hall–Kier alpha value is -2.56. The van der Waals surface area contributed by atoms with Gasteiger partial charge in [0.15, 0.2) is 11.5 Å². The molecule has 5 heteroatoms. The first-order chi connectivity index (χ1) is 14.0. The Morgan fingerprint density at radius 2 is 1.14 bits per heavy atom. The Bertz CT molecular complexity index is 771. The smallest absolute Gasteiger partial charge is 0.227 e. The van der Waals surface area contributed by atoms with Crippen LogP contribution in [0.15, 0.2) is 46.9 Å². The van der Waals surface area contributed by atoms with Crippen molar-refractivity contribution in [3.8, 4) is 5.75 Å². The van der Waals surface area contributed by atoms with Crippen LogP contribution in [0.3, 0.4) is 0 Å². The largest absolute Gasteiger partial charge is 0.508 e. The highest BCUT2D eigenvalue weighted by Crippen LogP contribution is 2.28. The molecule has 0 heterocycles. The molecule has 0 atom stereocenters. The fourth-order valence-electron chi connectivity index (χ4n) is 3.60. The number of aromatic hydroxyl groups is 1. The summed E-state index contributed by atoms with van der Waals surface area (Å²) >= 11 is 0. The SMILES string of the molecule is CCCCCCCCCCCC1=C(O)C(=O)C(Cc2ccc(O)cc2)=C(O)C1=O. The Kier molecular flexibility index (Phi) is 8.97. The van der Waals surface area contributed by atoms with E-state index in [9.17, 15) is 24.9 Å². The molecule has 1 aromatic rings. The highest BCUT2D eigenvalue weighted by Gasteiger charge is 2.34. The molecule has 1 aromatic carbocycles. The van der Waals surface area contributed by atoms with E-state index >= 15 is 0 Å². The summed E-state index contributed by atoms with van der Waals surface area (Å²) < 4.78 is 0. The maximum absolute atomic E-state index is 12.5. The monoisotopic (exact) mass is 400 g/mol. The summed E-state index contributed by atoms with van der Waals surface area (Å²) in [6.45, 7) is 2.20. The summed E-state index contributed by atoms with van der Waals surface area (Å²) in [6.07, 6.45) is 10.5. The van der Waals surface area contributed by atoms with Gasteiger partial charge in [-0.25, -0.2) is 0 Å². The van der Waals surface area contributed by atoms with Crippen molar-refractivity contribution in [3.63, 3.8) is 0 Å². The minimum Gasteiger partial charge on any atom is -0.508 e. The molecule has 29 heavy (non-hydrogen) atoms. The summed E-state index contributed by atoms with van der Waals surface area (Å²) in [6, 6.07) is 6.14. The minimum atomic E-state index is -0.693. The number of unbranched alkanes of at least 4 members (excludes halogenated alkanes) is 8. The third-order valence-electron chi connectivity index (χ3n) is 5.40. The van der Waals surface area contributed by atoms with Crippen LogP contribution < -0.4 is 0 Å². The number of allylic oxidation sites excluding steroid dienone is 2. The number of rotatable bonds is 12. The normalized spacial score (nSPS) is 14.8. The van der Waals surface area contributed by atoms with E-state index in [1.807, 2.05) is 0 Å². The molecular formula is C24H32O5. The summed E-state index contributed by atoms with van der Waals surface area (Å²) in [5.74, 6) is -2.38. The molecule has 1 aliphatic rings. The third kappa shape index (κ3) is 6.48. The van der Waals surface area contributed by atoms with Crippen molar-refractivity contribution in [2.45, 2.75) is 77.6 Å². The fourth-order valence-corrected chi connectivity index (χ4v) is 3.60. The number of ketones is 2. The topological polar surface area (TPSA) is 94.8 Å². The second-order valence-electron chi connectivity index (χ2n) is 7.73. The Balaban J connectivity index is 1.86. The van der Waals surface area contributed by atoms with Gasteiger partial charge < -0.3 is 15.3 Å². The second kappa shape index (κ2) is 11.4. The molecule has 0 fully saturated rings. The van der Waals surface area contributed by atoms with Crippen molar-refractivity contribution >= 4 is 11.6 Å². The molecule has 3 N–H and O–H groups in total. The van der Waals surface area contributed by atoms with Gasteiger partial charge in [0.2, 0.25) is 11.6 Å². The van der Waals surface area contributed by atoms with E-state index in [1.165, 1.54) is 44.2 Å². The summed E-state index contributed by atoms with van der Waals surface area (Å²) in [5, 5.41) is 29.9. The van der Waals surface area contributed by atoms with Gasteiger partial charge in [0.25, 0.3) is 0 Å². The number of aliphatic hydroxyl groups excluding tert-OH is 2. The van der Waals surface area contributed by atoms with E-state index < -0.39 is 23.1 Å². The molecule has 0 aromatic heterocycles. The number of Topliss-reactive ketones (excluding diaryl/α,β-unsaturated/α-hetero) is 2. The van der Waals surface area contributed by atoms with Crippen LogP contribution in [0, 0.1) is 0 Å². The maximum Gasteiger partial charge on any atom is 0.227 e. The van der Waals surface area contributed by atoms with Gasteiger partial charge in [0.1, 0.15) is 5.75 Å². The van der Waals surface area contributed by atoms with E-state index in [0.717, 1.165) is 19.3 Å². The first-order valence-corrected chi connectivity index (χ1v) is 10.7. The van der Waals surface area contributed by atoms with Crippen LogP contribution >= 0.6 is 0 Å². The van der Waals surface area contributed by atoms with Crippen molar-refractivity contribution in [3.05, 3.63) is 52.5 Å². The third-order valence-corrected chi connectivity index (χ3v) is 5.40. The number of benzene rings is 1. The standard InChI is InChI=1S/C24H32O5/c1-2-3-4-5-6-7-8-9-10-11-19-21(26)23(28)20(24(29)22(19)27)16-17-12-14-18(25)15-13-17/h12-15,25-26,29H,2-11,16H2,1H3. The van der Waals surface area contributed by atoms with Gasteiger partial charge >= 0.3 is 0 Å². The number of aliphatic hydroxyl groups is 2. The van der Waals surface area contributed by atoms with Gasteiger partial charge in [-0.1, -0.05) is 70.4 Å². The van der Waals surface area contributed by atoms with Crippen LogP contribution in [0.25, 0.3) is 0 Å². The first-order valence-electron chi connectivity index (χ1n) is 10.7. The zero-order valence-corrected chi connectivity index (χ0v) is 17.2. The van der Waals surface area contributed by atoms with Crippen molar-refractivity contribution in [2.24, 2.45) is 0 Å². The zero-order chi connectivity index (χ0) is 21.2. The number of hydrogen-bond donors (Lipinski definition) is 3. The highest BCUT2D eigenvalue weighted by molar-refractivity contribution is 6.23. The maximum atomic E-state index is 12.5. The Morgan fingerprint density at radius 3 is 1.72 bits per heavy atom. The number of phenolic OH excluding ortho intramolecular Hbond substituents is 1. The quantitative estimate of drug-likeness (QED) is 0.312. The molecule has 0 amide bonds. The first kappa shape index (κ1) is 22.7. The minimum absolute atomic E-state index is 0.0184. The number of carbonyl (C=O) groups is 2. The average Bonchev–Trinajstić information content (AvgIpc) is 2.72. The predicted octanol–water partition coefficient (Wildman–Crippen LogP) is 5.63. The summed E-state index contributed by atoms with van der Waals surface area (Å²) in [7, 11) is 0. The molecular weight excluding hydrogens is 368 g/mol. The van der Waals surface area contributed by atoms with Gasteiger partial charge in [-0.2, -0.15) is 0 Å². The van der Waals surface area contributed by atoms with E-state index in [2.05, 4.69) is 6.92 Å². The Labute approximate surface area is 172 Å². The molecule has 1 aliphatic carbocycles. The van der Waals surface area contributed by atoms with E-state index in [-0.39, 0.29) is 23.3 Å². The average molecular weight is 401 g/mol. The summed E-state index contributed by atoms with van der Waals surface area (Å²) in [5.41, 5.74) is 0.569. The number of carbonyl (C=O) groups excluding carboxylic acids is 2. The van der Waals surface area contributed by atoms with Crippen LogP contribution in [-0.4, -0.2) is 26.9 Å². The van der Waals surface area contributed by atoms with Gasteiger partial charge in [0, 0.05) is 12.0 Å². The van der Waals surface area contributed by atoms with Crippen LogP contribution in [0.4, 0.5) is 0 Å².